The molecule has 2 heteroatoms. The van der Waals surface area contributed by atoms with E-state index in [0.29, 0.717) is 12.2 Å². The van der Waals surface area contributed by atoms with Gasteiger partial charge in [-0.3, -0.25) is 0 Å². The SMILES string of the molecule is Oc1ccc([CH]F)cc1. The number of benzene rings is 1. The van der Waals surface area contributed by atoms with Crippen LogP contribution in [0.3, 0.4) is 0 Å². The van der Waals surface area contributed by atoms with Gasteiger partial charge < -0.3 is 5.11 Å². The van der Waals surface area contributed by atoms with Gasteiger partial charge in [-0.2, -0.15) is 0 Å². The zero-order valence-electron chi connectivity index (χ0n) is 4.71. The Kier molecular flexibility index (Phi) is 1.68. The van der Waals surface area contributed by atoms with E-state index < -0.39 is 0 Å². The van der Waals surface area contributed by atoms with Crippen LogP contribution in [0.15, 0.2) is 24.3 Å². The Morgan fingerprint density at radius 3 is 2.22 bits per heavy atom. The third-order valence-electron chi connectivity index (χ3n) is 1.02. The molecular formula is C7H6FO. The molecule has 0 aromatic heterocycles. The van der Waals surface area contributed by atoms with E-state index in [1.807, 2.05) is 0 Å². The molecule has 0 aliphatic carbocycles. The molecule has 0 spiro atoms. The average molecular weight is 125 g/mol. The summed E-state index contributed by atoms with van der Waals surface area (Å²) in [6, 6.07) is 5.86. The fourth-order valence-electron chi connectivity index (χ4n) is 0.547. The van der Waals surface area contributed by atoms with Crippen molar-refractivity contribution < 1.29 is 9.50 Å². The standard InChI is InChI=1S/C7H6FO/c8-5-6-1-3-7(9)4-2-6/h1-5,9H. The molecule has 1 rings (SSSR count). The zero-order chi connectivity index (χ0) is 6.69. The molecule has 1 aromatic rings. The molecule has 1 radical (unpaired) electrons. The Labute approximate surface area is 52.8 Å². The van der Waals surface area contributed by atoms with Gasteiger partial charge >= 0.3 is 0 Å². The summed E-state index contributed by atoms with van der Waals surface area (Å²) < 4.78 is 11.7. The van der Waals surface area contributed by atoms with Crippen molar-refractivity contribution in [2.75, 3.05) is 0 Å². The molecule has 47 valence electrons. The molecule has 1 aromatic carbocycles. The Morgan fingerprint density at radius 1 is 1.22 bits per heavy atom. The first-order valence-corrected chi connectivity index (χ1v) is 2.55. The first-order chi connectivity index (χ1) is 4.33. The van der Waals surface area contributed by atoms with Gasteiger partial charge in [0.1, 0.15) is 5.75 Å². The first-order valence-electron chi connectivity index (χ1n) is 2.55. The van der Waals surface area contributed by atoms with Crippen LogP contribution in [0.1, 0.15) is 5.56 Å². The Morgan fingerprint density at radius 2 is 1.78 bits per heavy atom. The van der Waals surface area contributed by atoms with E-state index in [0.717, 1.165) is 0 Å². The minimum absolute atomic E-state index is 0.153. The molecule has 0 fully saturated rings. The number of hydrogen-bond donors (Lipinski definition) is 1. The predicted molar refractivity (Wildman–Crippen MR) is 32.6 cm³/mol. The number of rotatable bonds is 1. The highest BCUT2D eigenvalue weighted by Crippen LogP contribution is 2.10. The van der Waals surface area contributed by atoms with Gasteiger partial charge in [0.2, 0.25) is 0 Å². The lowest BCUT2D eigenvalue weighted by Crippen LogP contribution is -1.71. The molecule has 0 aliphatic rings. The van der Waals surface area contributed by atoms with Gasteiger partial charge in [-0.05, 0) is 17.7 Å². The quantitative estimate of drug-likeness (QED) is 0.607. The molecule has 1 N–H and O–H groups in total. The lowest BCUT2D eigenvalue weighted by atomic mass is 10.2. The summed E-state index contributed by atoms with van der Waals surface area (Å²) in [5, 5.41) is 8.72. The number of phenols is 1. The lowest BCUT2D eigenvalue weighted by molar-refractivity contribution is 0.475. The minimum atomic E-state index is 0.153. The van der Waals surface area contributed by atoms with E-state index in [4.69, 9.17) is 5.11 Å². The molecule has 0 atom stereocenters. The first kappa shape index (κ1) is 6.08. The highest BCUT2D eigenvalue weighted by molar-refractivity contribution is 5.28. The second kappa shape index (κ2) is 2.49. The van der Waals surface area contributed by atoms with Crippen molar-refractivity contribution in [3.8, 4) is 5.75 Å². The summed E-state index contributed by atoms with van der Waals surface area (Å²) in [4.78, 5) is 0. The van der Waals surface area contributed by atoms with Crippen LogP contribution in [0.25, 0.3) is 0 Å². The van der Waals surface area contributed by atoms with E-state index in [2.05, 4.69) is 0 Å². The van der Waals surface area contributed by atoms with Crippen LogP contribution in [-0.4, -0.2) is 5.11 Å². The maximum absolute atomic E-state index is 11.7. The van der Waals surface area contributed by atoms with E-state index in [-0.39, 0.29) is 5.75 Å². The van der Waals surface area contributed by atoms with Crippen LogP contribution >= 0.6 is 0 Å². The van der Waals surface area contributed by atoms with Crippen LogP contribution in [0.4, 0.5) is 4.39 Å². The van der Waals surface area contributed by atoms with E-state index in [1.54, 1.807) is 0 Å². The van der Waals surface area contributed by atoms with Crippen molar-refractivity contribution in [3.63, 3.8) is 0 Å². The Hall–Kier alpha value is -1.05. The molecule has 9 heavy (non-hydrogen) atoms. The molecule has 1 nitrogen and oxygen atoms in total. The van der Waals surface area contributed by atoms with Crippen LogP contribution < -0.4 is 0 Å². The Balaban J connectivity index is 2.88. The van der Waals surface area contributed by atoms with Crippen molar-refractivity contribution in [2.45, 2.75) is 0 Å². The molecule has 0 bridgehead atoms. The molecule has 0 amide bonds. The monoisotopic (exact) mass is 125 g/mol. The third-order valence-corrected chi connectivity index (χ3v) is 1.02. The molecular weight excluding hydrogens is 119 g/mol. The Bertz CT molecular complexity index is 181. The number of halogens is 1. The summed E-state index contributed by atoms with van der Waals surface area (Å²) in [7, 11) is 0. The van der Waals surface area contributed by atoms with Gasteiger partial charge in [0.15, 0.2) is 6.67 Å². The maximum atomic E-state index is 11.7. The van der Waals surface area contributed by atoms with E-state index >= 15 is 0 Å². The summed E-state index contributed by atoms with van der Waals surface area (Å²) in [5.74, 6) is 0.153. The van der Waals surface area contributed by atoms with Crippen molar-refractivity contribution >= 4 is 0 Å². The predicted octanol–water partition coefficient (Wildman–Crippen LogP) is 1.87. The summed E-state index contributed by atoms with van der Waals surface area (Å²) in [6.07, 6.45) is 0. The number of hydrogen-bond acceptors (Lipinski definition) is 1. The molecule has 0 unspecified atom stereocenters. The van der Waals surface area contributed by atoms with Gasteiger partial charge in [0, 0.05) is 0 Å². The van der Waals surface area contributed by atoms with Gasteiger partial charge in [0.25, 0.3) is 0 Å². The van der Waals surface area contributed by atoms with E-state index in [9.17, 15) is 4.39 Å². The largest absolute Gasteiger partial charge is 0.508 e. The fraction of sp³-hybridized carbons (Fsp3) is 0. The lowest BCUT2D eigenvalue weighted by Gasteiger charge is -1.91. The summed E-state index contributed by atoms with van der Waals surface area (Å²) >= 11 is 0. The molecule has 0 saturated heterocycles. The highest BCUT2D eigenvalue weighted by atomic mass is 19.1. The zero-order valence-corrected chi connectivity index (χ0v) is 4.71. The summed E-state index contributed by atoms with van der Waals surface area (Å²) in [5.41, 5.74) is 0.466. The molecule has 0 saturated carbocycles. The maximum Gasteiger partial charge on any atom is 0.160 e. The molecule has 0 heterocycles. The van der Waals surface area contributed by atoms with Crippen LogP contribution in [-0.2, 0) is 0 Å². The van der Waals surface area contributed by atoms with Gasteiger partial charge in [-0.25, -0.2) is 4.39 Å². The van der Waals surface area contributed by atoms with Crippen LogP contribution in [0, 0.1) is 6.67 Å². The van der Waals surface area contributed by atoms with Crippen molar-refractivity contribution in [1.29, 1.82) is 0 Å². The van der Waals surface area contributed by atoms with Gasteiger partial charge in [0.05, 0.1) is 0 Å². The normalized spacial score (nSPS) is 9.44. The second-order valence-electron chi connectivity index (χ2n) is 1.70. The minimum Gasteiger partial charge on any atom is -0.508 e. The van der Waals surface area contributed by atoms with Crippen LogP contribution in [0.5, 0.6) is 5.75 Å². The number of phenolic OH excluding ortho intramolecular Hbond substituents is 1. The smallest absolute Gasteiger partial charge is 0.160 e. The third kappa shape index (κ3) is 1.42. The van der Waals surface area contributed by atoms with E-state index in [1.165, 1.54) is 24.3 Å². The summed E-state index contributed by atoms with van der Waals surface area (Å²) in [6.45, 7) is 0.486. The van der Waals surface area contributed by atoms with Crippen molar-refractivity contribution in [3.05, 3.63) is 36.5 Å². The number of aromatic hydroxyl groups is 1. The average Bonchev–Trinajstić information content (AvgIpc) is 1.90. The van der Waals surface area contributed by atoms with Crippen LogP contribution in [0.2, 0.25) is 0 Å². The van der Waals surface area contributed by atoms with Crippen molar-refractivity contribution in [2.24, 2.45) is 0 Å². The molecule has 0 aliphatic heterocycles. The fourth-order valence-corrected chi connectivity index (χ4v) is 0.547. The topological polar surface area (TPSA) is 20.2 Å². The highest BCUT2D eigenvalue weighted by Gasteiger charge is 1.89. The second-order valence-corrected chi connectivity index (χ2v) is 1.70. The van der Waals surface area contributed by atoms with Gasteiger partial charge in [-0.15, -0.1) is 0 Å². The van der Waals surface area contributed by atoms with Crippen molar-refractivity contribution in [1.82, 2.24) is 0 Å². The van der Waals surface area contributed by atoms with Gasteiger partial charge in [-0.1, -0.05) is 12.1 Å².